The van der Waals surface area contributed by atoms with Gasteiger partial charge in [0.2, 0.25) is 0 Å². The predicted octanol–water partition coefficient (Wildman–Crippen LogP) is 2.09. The van der Waals surface area contributed by atoms with Gasteiger partial charge in [-0.15, -0.1) is 0 Å². The molecule has 0 aromatic carbocycles. The molecule has 5 heteroatoms. The maximum absolute atomic E-state index is 12.1. The van der Waals surface area contributed by atoms with Crippen LogP contribution in [-0.2, 0) is 13.4 Å². The number of carbonyl (C=O) groups is 1. The zero-order valence-electron chi connectivity index (χ0n) is 9.95. The van der Waals surface area contributed by atoms with Crippen molar-refractivity contribution >= 4 is 22.0 Å². The minimum Gasteiger partial charge on any atom is -0.418 e. The molecule has 0 spiro atoms. The molecular weight excluding hydrogens is 298 g/mol. The van der Waals surface area contributed by atoms with Crippen molar-refractivity contribution in [1.29, 1.82) is 0 Å². The smallest absolute Gasteiger partial charge is 0.184 e. The quantitative estimate of drug-likeness (QED) is 0.783. The third-order valence-electron chi connectivity index (χ3n) is 3.61. The Morgan fingerprint density at radius 3 is 2.78 bits per heavy atom. The Kier molecular flexibility index (Phi) is 3.26. The van der Waals surface area contributed by atoms with Gasteiger partial charge in [-0.2, -0.15) is 0 Å². The molecule has 0 unspecified atom stereocenters. The molecule has 0 radical (unpaired) electrons. The summed E-state index contributed by atoms with van der Waals surface area (Å²) < 4.78 is 10.5. The Morgan fingerprint density at radius 2 is 2.06 bits per heavy atom. The van der Waals surface area contributed by atoms with E-state index in [0.29, 0.717) is 6.42 Å². The normalized spacial score (nSPS) is 23.8. The van der Waals surface area contributed by atoms with Crippen LogP contribution in [0.1, 0.15) is 12.8 Å². The van der Waals surface area contributed by atoms with Crippen molar-refractivity contribution in [2.24, 2.45) is 0 Å². The Labute approximate surface area is 114 Å². The highest BCUT2D eigenvalue weighted by Crippen LogP contribution is 2.37. The second kappa shape index (κ2) is 4.90. The van der Waals surface area contributed by atoms with Crippen molar-refractivity contribution in [2.75, 3.05) is 26.3 Å². The van der Waals surface area contributed by atoms with Crippen LogP contribution < -0.4 is 0 Å². The molecule has 96 valence electrons. The fraction of sp³-hybridized carbons (Fsp3) is 0.462. The number of allylic oxidation sites excluding steroid dienone is 5. The maximum atomic E-state index is 12.1. The number of ether oxygens (including phenoxy) is 1. The summed E-state index contributed by atoms with van der Waals surface area (Å²) in [6.45, 7) is 3.18. The molecule has 0 amide bonds. The third-order valence-corrected chi connectivity index (χ3v) is 3.96. The van der Waals surface area contributed by atoms with E-state index in [1.54, 1.807) is 6.08 Å². The number of morpholine rings is 1. The van der Waals surface area contributed by atoms with Crippen LogP contribution in [0, 0.1) is 0 Å². The van der Waals surface area contributed by atoms with E-state index in [1.807, 2.05) is 6.08 Å². The average Bonchev–Trinajstić information content (AvgIpc) is 2.83. The SMILES string of the molecule is O=C1C=C(N2CCOCC2)CC2=C1CC=C2OBr. The van der Waals surface area contributed by atoms with Crippen molar-refractivity contribution in [2.45, 2.75) is 12.8 Å². The molecular formula is C13H14BrNO3. The molecule has 0 aromatic rings. The number of rotatable bonds is 2. The summed E-state index contributed by atoms with van der Waals surface area (Å²) in [6, 6.07) is 0. The van der Waals surface area contributed by atoms with Crippen molar-refractivity contribution in [3.63, 3.8) is 0 Å². The zero-order chi connectivity index (χ0) is 12.5. The highest BCUT2D eigenvalue weighted by Gasteiger charge is 2.30. The standard InChI is InChI=1S/C13H14BrNO3/c14-18-13-2-1-10-11(13)7-9(8-12(10)16)15-3-5-17-6-4-15/h2,8H,1,3-7H2. The van der Waals surface area contributed by atoms with E-state index in [1.165, 1.54) is 0 Å². The molecule has 2 aliphatic carbocycles. The van der Waals surface area contributed by atoms with E-state index in [-0.39, 0.29) is 5.78 Å². The van der Waals surface area contributed by atoms with Crippen LogP contribution in [0.4, 0.5) is 0 Å². The molecule has 18 heavy (non-hydrogen) atoms. The van der Waals surface area contributed by atoms with Crippen LogP contribution in [0.15, 0.2) is 34.8 Å². The molecule has 0 saturated carbocycles. The maximum Gasteiger partial charge on any atom is 0.184 e. The molecule has 1 aliphatic heterocycles. The van der Waals surface area contributed by atoms with Gasteiger partial charge >= 0.3 is 0 Å². The molecule has 4 nitrogen and oxygen atoms in total. The van der Waals surface area contributed by atoms with Crippen LogP contribution in [0.5, 0.6) is 0 Å². The number of ketones is 1. The average molecular weight is 312 g/mol. The Morgan fingerprint density at radius 1 is 1.28 bits per heavy atom. The summed E-state index contributed by atoms with van der Waals surface area (Å²) in [5.41, 5.74) is 2.99. The predicted molar refractivity (Wildman–Crippen MR) is 69.8 cm³/mol. The van der Waals surface area contributed by atoms with Gasteiger partial charge in [0.1, 0.15) is 5.76 Å². The van der Waals surface area contributed by atoms with Crippen LogP contribution in [-0.4, -0.2) is 37.0 Å². The van der Waals surface area contributed by atoms with Crippen molar-refractivity contribution in [1.82, 2.24) is 4.90 Å². The third kappa shape index (κ3) is 2.01. The largest absolute Gasteiger partial charge is 0.418 e. The zero-order valence-corrected chi connectivity index (χ0v) is 11.5. The fourth-order valence-corrected chi connectivity index (χ4v) is 2.96. The molecule has 3 rings (SSSR count). The highest BCUT2D eigenvalue weighted by atomic mass is 79.9. The number of nitrogens with zero attached hydrogens (tertiary/aromatic N) is 1. The first-order valence-corrected chi connectivity index (χ1v) is 6.73. The Hall–Kier alpha value is -1.07. The molecule has 0 bridgehead atoms. The second-order valence-corrected chi connectivity index (χ2v) is 4.91. The van der Waals surface area contributed by atoms with Crippen molar-refractivity contribution in [3.8, 4) is 0 Å². The molecule has 0 atom stereocenters. The van der Waals surface area contributed by atoms with Gasteiger partial charge in [0, 0.05) is 42.4 Å². The molecule has 3 aliphatic rings. The number of hydrogen-bond acceptors (Lipinski definition) is 4. The van der Waals surface area contributed by atoms with Crippen molar-refractivity contribution in [3.05, 3.63) is 34.8 Å². The summed E-state index contributed by atoms with van der Waals surface area (Å²) in [4.78, 5) is 14.3. The fourth-order valence-electron chi connectivity index (χ4n) is 2.64. The van der Waals surface area contributed by atoms with Gasteiger partial charge in [-0.25, -0.2) is 0 Å². The topological polar surface area (TPSA) is 38.8 Å². The van der Waals surface area contributed by atoms with Crippen molar-refractivity contribution < 1.29 is 13.4 Å². The van der Waals surface area contributed by atoms with Crippen LogP contribution in [0.2, 0.25) is 0 Å². The molecule has 0 aromatic heterocycles. The van der Waals surface area contributed by atoms with Gasteiger partial charge < -0.3 is 13.5 Å². The lowest BCUT2D eigenvalue weighted by atomic mass is 9.94. The van der Waals surface area contributed by atoms with Gasteiger partial charge in [-0.05, 0) is 12.5 Å². The van der Waals surface area contributed by atoms with E-state index in [4.69, 9.17) is 8.57 Å². The van der Waals surface area contributed by atoms with Crippen LogP contribution in [0.25, 0.3) is 0 Å². The number of halogens is 1. The van der Waals surface area contributed by atoms with E-state index in [2.05, 4.69) is 21.2 Å². The second-order valence-electron chi connectivity index (χ2n) is 4.58. The first-order valence-electron chi connectivity index (χ1n) is 6.08. The summed E-state index contributed by atoms with van der Waals surface area (Å²) in [5.74, 6) is 0.908. The molecule has 1 heterocycles. The lowest BCUT2D eigenvalue weighted by Crippen LogP contribution is -2.36. The monoisotopic (exact) mass is 311 g/mol. The number of hydrogen-bond donors (Lipinski definition) is 0. The minimum atomic E-state index is 0.119. The van der Waals surface area contributed by atoms with Gasteiger partial charge in [-0.3, -0.25) is 4.79 Å². The van der Waals surface area contributed by atoms with Crippen LogP contribution >= 0.6 is 16.3 Å². The minimum absolute atomic E-state index is 0.119. The summed E-state index contributed by atoms with van der Waals surface area (Å²) in [7, 11) is 0. The summed E-state index contributed by atoms with van der Waals surface area (Å²) in [6.07, 6.45) is 5.18. The summed E-state index contributed by atoms with van der Waals surface area (Å²) >= 11 is 3.01. The Balaban J connectivity index is 1.81. The molecule has 1 fully saturated rings. The Bertz CT molecular complexity index is 473. The first kappa shape index (κ1) is 12.0. The molecule has 0 N–H and O–H groups in total. The van der Waals surface area contributed by atoms with E-state index in [0.717, 1.165) is 55.3 Å². The van der Waals surface area contributed by atoms with E-state index in [9.17, 15) is 4.79 Å². The van der Waals surface area contributed by atoms with E-state index >= 15 is 0 Å². The van der Waals surface area contributed by atoms with Gasteiger partial charge in [0.15, 0.2) is 22.0 Å². The lowest BCUT2D eigenvalue weighted by molar-refractivity contribution is -0.111. The van der Waals surface area contributed by atoms with Gasteiger partial charge in [0.05, 0.1) is 13.2 Å². The first-order chi connectivity index (χ1) is 8.79. The molecule has 1 saturated heterocycles. The lowest BCUT2D eigenvalue weighted by Gasteiger charge is -2.32. The van der Waals surface area contributed by atoms with Crippen LogP contribution in [0.3, 0.4) is 0 Å². The summed E-state index contributed by atoms with van der Waals surface area (Å²) in [5, 5.41) is 0. The van der Waals surface area contributed by atoms with Gasteiger partial charge in [0.25, 0.3) is 0 Å². The van der Waals surface area contributed by atoms with Gasteiger partial charge in [-0.1, -0.05) is 0 Å². The van der Waals surface area contributed by atoms with E-state index < -0.39 is 0 Å². The number of carbonyl (C=O) groups excluding carboxylic acids is 1. The highest BCUT2D eigenvalue weighted by molar-refractivity contribution is 9.06.